The maximum absolute atomic E-state index is 14.2. The summed E-state index contributed by atoms with van der Waals surface area (Å²) in [6.45, 7) is 0. The minimum absolute atomic E-state index is 0.589. The third-order valence-electron chi connectivity index (χ3n) is 6.80. The molecule has 0 N–H and O–H groups in total. The zero-order valence-corrected chi connectivity index (χ0v) is 20.9. The Bertz CT molecular complexity index is 1570. The van der Waals surface area contributed by atoms with Crippen LogP contribution in [-0.2, 0) is 5.21 Å². The predicted octanol–water partition coefficient (Wildman–Crippen LogP) is 9.84. The van der Waals surface area contributed by atoms with Crippen molar-refractivity contribution in [2.75, 3.05) is 5.06 Å². The molecule has 0 atom stereocenters. The Labute approximate surface area is 223 Å². The van der Waals surface area contributed by atoms with Gasteiger partial charge in [-0.2, -0.15) is 5.06 Å². The van der Waals surface area contributed by atoms with Crippen LogP contribution in [0.25, 0.3) is 44.5 Å². The first-order valence-electron chi connectivity index (χ1n) is 12.7. The van der Waals surface area contributed by atoms with E-state index >= 15 is 0 Å². The lowest BCUT2D eigenvalue weighted by atomic mass is 9.90. The second-order valence-corrected chi connectivity index (χ2v) is 9.23. The molecule has 0 bridgehead atoms. The van der Waals surface area contributed by atoms with Crippen molar-refractivity contribution in [3.63, 3.8) is 0 Å². The van der Waals surface area contributed by atoms with Gasteiger partial charge < -0.3 is 0 Å². The van der Waals surface area contributed by atoms with Gasteiger partial charge in [-0.3, -0.25) is 0 Å². The van der Waals surface area contributed by atoms with E-state index in [0.717, 1.165) is 49.6 Å². The molecule has 181 valence electrons. The molecule has 0 fully saturated rings. The summed E-state index contributed by atoms with van der Waals surface area (Å²) in [7, 11) is 0. The molecule has 0 heterocycles. The fourth-order valence-corrected chi connectivity index (χ4v) is 4.88. The molecular formula is C36H26NO. The third-order valence-corrected chi connectivity index (χ3v) is 6.80. The molecule has 6 aromatic carbocycles. The van der Waals surface area contributed by atoms with E-state index in [9.17, 15) is 5.21 Å². The molecule has 2 heteroatoms. The van der Waals surface area contributed by atoms with Gasteiger partial charge in [-0.25, -0.2) is 0 Å². The summed E-state index contributed by atoms with van der Waals surface area (Å²) in [6.07, 6.45) is 0. The van der Waals surface area contributed by atoms with Gasteiger partial charge in [-0.05, 0) is 57.6 Å². The highest BCUT2D eigenvalue weighted by Crippen LogP contribution is 2.45. The Balaban J connectivity index is 1.56. The first-order chi connectivity index (χ1) is 18.8. The van der Waals surface area contributed by atoms with E-state index < -0.39 is 0 Å². The third kappa shape index (κ3) is 4.73. The second-order valence-electron chi connectivity index (χ2n) is 9.23. The largest absolute Gasteiger partial charge is 0.187 e. The number of anilines is 2. The fourth-order valence-electron chi connectivity index (χ4n) is 4.88. The van der Waals surface area contributed by atoms with Gasteiger partial charge >= 0.3 is 0 Å². The predicted molar refractivity (Wildman–Crippen MR) is 157 cm³/mol. The van der Waals surface area contributed by atoms with E-state index in [0.29, 0.717) is 11.4 Å². The molecule has 0 aromatic heterocycles. The van der Waals surface area contributed by atoms with Crippen LogP contribution in [0, 0.1) is 0 Å². The number of hydrogen-bond acceptors (Lipinski definition) is 1. The monoisotopic (exact) mass is 488 g/mol. The minimum Gasteiger partial charge on any atom is -0.187 e. The smallest absolute Gasteiger partial charge is 0.0883 e. The number of hydrogen-bond donors (Lipinski definition) is 0. The van der Waals surface area contributed by atoms with E-state index in [1.807, 2.05) is 97.1 Å². The van der Waals surface area contributed by atoms with Gasteiger partial charge in [-0.1, -0.05) is 139 Å². The van der Waals surface area contributed by atoms with Crippen molar-refractivity contribution in [3.05, 3.63) is 158 Å². The van der Waals surface area contributed by atoms with Crippen molar-refractivity contribution in [2.45, 2.75) is 0 Å². The molecule has 0 aliphatic carbocycles. The molecule has 0 aliphatic rings. The van der Waals surface area contributed by atoms with Gasteiger partial charge in [0.25, 0.3) is 0 Å². The summed E-state index contributed by atoms with van der Waals surface area (Å²) in [6, 6.07) is 52.9. The molecule has 2 nitrogen and oxygen atoms in total. The molecule has 0 saturated carbocycles. The lowest BCUT2D eigenvalue weighted by molar-refractivity contribution is 0.197. The van der Waals surface area contributed by atoms with Gasteiger partial charge in [0.15, 0.2) is 0 Å². The van der Waals surface area contributed by atoms with Crippen molar-refractivity contribution in [1.29, 1.82) is 0 Å². The lowest BCUT2D eigenvalue weighted by Gasteiger charge is -2.24. The summed E-state index contributed by atoms with van der Waals surface area (Å²) in [5, 5.41) is 15.3. The van der Waals surface area contributed by atoms with Crippen LogP contribution in [0.2, 0.25) is 0 Å². The summed E-state index contributed by atoms with van der Waals surface area (Å²) < 4.78 is 0. The standard InChI is InChI=1S/C36H26NO/c38-37(33-23-21-29(22-24-33)27-13-5-1-6-14-27)36-34(30-17-9-3-10-18-30)25-32(28-15-7-2-8-16-28)26-35(36)31-19-11-4-12-20-31/h1-26H. The van der Waals surface area contributed by atoms with Gasteiger partial charge in [0.05, 0.1) is 11.4 Å². The van der Waals surface area contributed by atoms with Gasteiger partial charge in [0.2, 0.25) is 0 Å². The minimum atomic E-state index is 0.589. The van der Waals surface area contributed by atoms with Crippen molar-refractivity contribution in [1.82, 2.24) is 0 Å². The van der Waals surface area contributed by atoms with E-state index in [4.69, 9.17) is 0 Å². The van der Waals surface area contributed by atoms with Gasteiger partial charge in [0, 0.05) is 11.1 Å². The lowest BCUT2D eigenvalue weighted by Crippen LogP contribution is -2.11. The van der Waals surface area contributed by atoms with Crippen molar-refractivity contribution < 1.29 is 5.21 Å². The van der Waals surface area contributed by atoms with Crippen molar-refractivity contribution in [3.8, 4) is 44.5 Å². The molecule has 0 aliphatic heterocycles. The molecule has 0 unspecified atom stereocenters. The van der Waals surface area contributed by atoms with Gasteiger partial charge in [-0.15, -0.1) is 0 Å². The van der Waals surface area contributed by atoms with Crippen molar-refractivity contribution in [2.24, 2.45) is 0 Å². The Morgan fingerprint density at radius 1 is 0.342 bits per heavy atom. The quantitative estimate of drug-likeness (QED) is 0.214. The highest BCUT2D eigenvalue weighted by molar-refractivity contribution is 5.96. The molecule has 1 radical (unpaired) electrons. The Morgan fingerprint density at radius 2 is 0.684 bits per heavy atom. The van der Waals surface area contributed by atoms with E-state index in [1.54, 1.807) is 0 Å². The van der Waals surface area contributed by atoms with Crippen LogP contribution in [0.1, 0.15) is 0 Å². The highest BCUT2D eigenvalue weighted by atomic mass is 16.5. The van der Waals surface area contributed by atoms with Crippen LogP contribution in [-0.4, -0.2) is 0 Å². The average Bonchev–Trinajstić information content (AvgIpc) is 3.02. The molecule has 38 heavy (non-hydrogen) atoms. The number of rotatable bonds is 6. The fraction of sp³-hybridized carbons (Fsp3) is 0. The summed E-state index contributed by atoms with van der Waals surface area (Å²) in [5.41, 5.74) is 9.39. The number of benzene rings is 6. The van der Waals surface area contributed by atoms with Crippen LogP contribution in [0.4, 0.5) is 11.4 Å². The second kappa shape index (κ2) is 10.6. The van der Waals surface area contributed by atoms with Crippen LogP contribution in [0.5, 0.6) is 0 Å². The zero-order valence-electron chi connectivity index (χ0n) is 20.9. The van der Waals surface area contributed by atoms with Crippen LogP contribution < -0.4 is 5.06 Å². The maximum atomic E-state index is 14.2. The molecule has 0 amide bonds. The van der Waals surface area contributed by atoms with Crippen LogP contribution >= 0.6 is 0 Å². The molecule has 6 aromatic rings. The number of nitrogens with zero attached hydrogens (tertiary/aromatic N) is 1. The van der Waals surface area contributed by atoms with Crippen LogP contribution in [0.15, 0.2) is 158 Å². The zero-order chi connectivity index (χ0) is 25.7. The maximum Gasteiger partial charge on any atom is 0.0883 e. The normalized spacial score (nSPS) is 10.8. The Hall–Kier alpha value is -4.92. The molecule has 6 rings (SSSR count). The first-order valence-corrected chi connectivity index (χ1v) is 12.7. The topological polar surface area (TPSA) is 23.1 Å². The van der Waals surface area contributed by atoms with Gasteiger partial charge in [0.1, 0.15) is 0 Å². The average molecular weight is 489 g/mol. The van der Waals surface area contributed by atoms with Crippen LogP contribution in [0.3, 0.4) is 0 Å². The summed E-state index contributed by atoms with van der Waals surface area (Å²) in [5.74, 6) is 0. The van der Waals surface area contributed by atoms with E-state index in [1.165, 1.54) is 0 Å². The van der Waals surface area contributed by atoms with E-state index in [-0.39, 0.29) is 0 Å². The Morgan fingerprint density at radius 3 is 1.11 bits per heavy atom. The van der Waals surface area contributed by atoms with Crippen molar-refractivity contribution >= 4 is 11.4 Å². The van der Waals surface area contributed by atoms with E-state index in [2.05, 4.69) is 60.7 Å². The summed E-state index contributed by atoms with van der Waals surface area (Å²) >= 11 is 0. The first kappa shape index (κ1) is 23.5. The summed E-state index contributed by atoms with van der Waals surface area (Å²) in [4.78, 5) is 0. The molecule has 0 spiro atoms. The molecular weight excluding hydrogens is 462 g/mol. The highest BCUT2D eigenvalue weighted by Gasteiger charge is 2.22. The SMILES string of the molecule is [O]N(c1ccc(-c2ccccc2)cc1)c1c(-c2ccccc2)cc(-c2ccccc2)cc1-c1ccccc1. The Kier molecular flexibility index (Phi) is 6.55. The molecule has 0 saturated heterocycles.